The van der Waals surface area contributed by atoms with Crippen LogP contribution in [0.5, 0.6) is 0 Å². The van der Waals surface area contributed by atoms with E-state index in [1.165, 1.54) is 0 Å². The van der Waals surface area contributed by atoms with Gasteiger partial charge < -0.3 is 20.3 Å². The van der Waals surface area contributed by atoms with Crippen molar-refractivity contribution in [3.63, 3.8) is 0 Å². The number of nitrogens with one attached hydrogen (secondary N) is 2. The maximum absolute atomic E-state index is 11.9. The van der Waals surface area contributed by atoms with Gasteiger partial charge in [-0.3, -0.25) is 4.79 Å². The third kappa shape index (κ3) is 4.85. The minimum Gasteiger partial charge on any atom is -0.444 e. The van der Waals surface area contributed by atoms with Gasteiger partial charge in [0.05, 0.1) is 6.04 Å². The average Bonchev–Trinajstić information content (AvgIpc) is 3.10. The molecule has 2 saturated carbocycles. The molecule has 1 spiro atoms. The van der Waals surface area contributed by atoms with Crippen molar-refractivity contribution < 1.29 is 14.3 Å². The van der Waals surface area contributed by atoms with Crippen LogP contribution in [0.15, 0.2) is 0 Å². The summed E-state index contributed by atoms with van der Waals surface area (Å²) in [4.78, 5) is 25.5. The summed E-state index contributed by atoms with van der Waals surface area (Å²) in [6, 6.07) is 0.486. The van der Waals surface area contributed by atoms with Crippen molar-refractivity contribution in [2.45, 2.75) is 83.5 Å². The van der Waals surface area contributed by atoms with Gasteiger partial charge in [-0.15, -0.1) is 0 Å². The molecule has 2 amide bonds. The van der Waals surface area contributed by atoms with Gasteiger partial charge in [-0.1, -0.05) is 0 Å². The van der Waals surface area contributed by atoms with Crippen LogP contribution in [0.3, 0.4) is 0 Å². The van der Waals surface area contributed by atoms with Crippen LogP contribution in [0, 0.1) is 5.41 Å². The van der Waals surface area contributed by atoms with Crippen LogP contribution in [0.4, 0.5) is 4.79 Å². The SMILES string of the molecule is C[C@H](NC1CCC2(CC1)CC2NC(=O)OC(C)(C)C)C(=O)N(C)C. The number of likely N-dealkylation sites (N-methyl/N-ethyl adjacent to an activating group) is 1. The Morgan fingerprint density at radius 1 is 1.21 bits per heavy atom. The monoisotopic (exact) mass is 339 g/mol. The molecule has 0 aromatic heterocycles. The Labute approximate surface area is 145 Å². The van der Waals surface area contributed by atoms with Crippen LogP contribution in [0.1, 0.15) is 59.8 Å². The number of hydrogen-bond donors (Lipinski definition) is 2. The Morgan fingerprint density at radius 2 is 1.79 bits per heavy atom. The van der Waals surface area contributed by atoms with E-state index in [1.54, 1.807) is 19.0 Å². The lowest BCUT2D eigenvalue weighted by molar-refractivity contribution is -0.130. The molecule has 0 radical (unpaired) electrons. The predicted molar refractivity (Wildman–Crippen MR) is 93.8 cm³/mol. The van der Waals surface area contributed by atoms with Crippen LogP contribution < -0.4 is 10.6 Å². The van der Waals surface area contributed by atoms with Crippen molar-refractivity contribution in [2.24, 2.45) is 5.41 Å². The fourth-order valence-electron chi connectivity index (χ4n) is 3.73. The van der Waals surface area contributed by atoms with Gasteiger partial charge >= 0.3 is 6.09 Å². The standard InChI is InChI=1S/C18H33N3O3/c1-12(15(22)21(5)6)19-13-7-9-18(10-8-13)11-14(18)20-16(23)24-17(2,3)4/h12-14,19H,7-11H2,1-6H3,(H,20,23)/t12-,13?,14?,18?/m0/s1. The molecule has 2 N–H and O–H groups in total. The summed E-state index contributed by atoms with van der Waals surface area (Å²) >= 11 is 0. The van der Waals surface area contributed by atoms with Gasteiger partial charge in [-0.25, -0.2) is 4.79 Å². The summed E-state index contributed by atoms with van der Waals surface area (Å²) < 4.78 is 5.34. The van der Waals surface area contributed by atoms with Gasteiger partial charge in [0.1, 0.15) is 5.60 Å². The van der Waals surface area contributed by atoms with Crippen molar-refractivity contribution in [2.75, 3.05) is 14.1 Å². The zero-order valence-corrected chi connectivity index (χ0v) is 15.9. The largest absolute Gasteiger partial charge is 0.444 e. The van der Waals surface area contributed by atoms with Crippen molar-refractivity contribution >= 4 is 12.0 Å². The van der Waals surface area contributed by atoms with E-state index in [2.05, 4.69) is 10.6 Å². The van der Waals surface area contributed by atoms with Crippen molar-refractivity contribution in [1.82, 2.24) is 15.5 Å². The number of rotatable bonds is 4. The van der Waals surface area contributed by atoms with E-state index >= 15 is 0 Å². The highest BCUT2D eigenvalue weighted by molar-refractivity contribution is 5.80. The van der Waals surface area contributed by atoms with Crippen LogP contribution >= 0.6 is 0 Å². The zero-order chi connectivity index (χ0) is 18.1. The summed E-state index contributed by atoms with van der Waals surface area (Å²) in [5.74, 6) is 0.117. The Hall–Kier alpha value is -1.30. The Balaban J connectivity index is 1.74. The summed E-state index contributed by atoms with van der Waals surface area (Å²) in [5, 5.41) is 6.47. The number of ether oxygens (including phenoxy) is 1. The third-order valence-electron chi connectivity index (χ3n) is 5.16. The Bertz CT molecular complexity index is 476. The number of carbonyl (C=O) groups excluding carboxylic acids is 2. The molecule has 0 aromatic rings. The van der Waals surface area contributed by atoms with Crippen LogP contribution in [0.2, 0.25) is 0 Å². The van der Waals surface area contributed by atoms with Crippen molar-refractivity contribution in [3.05, 3.63) is 0 Å². The number of hydrogen-bond acceptors (Lipinski definition) is 4. The van der Waals surface area contributed by atoms with E-state index in [-0.39, 0.29) is 29.5 Å². The quantitative estimate of drug-likeness (QED) is 0.824. The molecule has 0 aliphatic heterocycles. The lowest BCUT2D eigenvalue weighted by Gasteiger charge is -2.32. The lowest BCUT2D eigenvalue weighted by Crippen LogP contribution is -2.47. The molecule has 0 bridgehead atoms. The van der Waals surface area contributed by atoms with Crippen LogP contribution in [-0.2, 0) is 9.53 Å². The van der Waals surface area contributed by atoms with E-state index in [0.717, 1.165) is 32.1 Å². The lowest BCUT2D eigenvalue weighted by atomic mass is 9.82. The molecular formula is C18H33N3O3. The molecule has 2 aliphatic rings. The molecule has 2 aliphatic carbocycles. The van der Waals surface area contributed by atoms with E-state index < -0.39 is 5.60 Å². The summed E-state index contributed by atoms with van der Waals surface area (Å²) in [6.45, 7) is 7.56. The molecule has 24 heavy (non-hydrogen) atoms. The van der Waals surface area contributed by atoms with E-state index in [9.17, 15) is 9.59 Å². The van der Waals surface area contributed by atoms with Gasteiger partial charge in [0.2, 0.25) is 5.91 Å². The molecule has 1 unspecified atom stereocenters. The topological polar surface area (TPSA) is 70.7 Å². The second-order valence-electron chi connectivity index (χ2n) is 8.66. The number of amides is 2. The first-order valence-electron chi connectivity index (χ1n) is 8.99. The smallest absolute Gasteiger partial charge is 0.407 e. The van der Waals surface area contributed by atoms with Crippen molar-refractivity contribution in [1.29, 1.82) is 0 Å². The maximum Gasteiger partial charge on any atom is 0.407 e. The summed E-state index contributed by atoms with van der Waals surface area (Å²) in [5.41, 5.74) is -0.202. The molecule has 6 heteroatoms. The van der Waals surface area contributed by atoms with Crippen LogP contribution in [0.25, 0.3) is 0 Å². The Kier molecular flexibility index (Phi) is 5.47. The number of nitrogens with zero attached hydrogens (tertiary/aromatic N) is 1. The first-order valence-corrected chi connectivity index (χ1v) is 8.99. The highest BCUT2D eigenvalue weighted by Crippen LogP contribution is 2.56. The average molecular weight is 339 g/mol. The molecular weight excluding hydrogens is 306 g/mol. The minimum absolute atomic E-state index is 0.117. The minimum atomic E-state index is -0.456. The molecule has 6 nitrogen and oxygen atoms in total. The first kappa shape index (κ1) is 19.0. The molecule has 0 heterocycles. The second-order valence-corrected chi connectivity index (χ2v) is 8.66. The highest BCUT2D eigenvalue weighted by Gasteiger charge is 2.56. The van der Waals surface area contributed by atoms with Crippen molar-refractivity contribution in [3.8, 4) is 0 Å². The second kappa shape index (κ2) is 6.90. The Morgan fingerprint density at radius 3 is 2.29 bits per heavy atom. The van der Waals surface area contributed by atoms with Gasteiger partial charge in [0.15, 0.2) is 0 Å². The van der Waals surface area contributed by atoms with Crippen LogP contribution in [-0.4, -0.2) is 54.7 Å². The van der Waals surface area contributed by atoms with Gasteiger partial charge in [-0.05, 0) is 65.2 Å². The van der Waals surface area contributed by atoms with E-state index in [4.69, 9.17) is 4.74 Å². The number of alkyl carbamates (subject to hydrolysis) is 1. The maximum atomic E-state index is 11.9. The molecule has 138 valence electrons. The molecule has 0 aromatic carbocycles. The highest BCUT2D eigenvalue weighted by atomic mass is 16.6. The zero-order valence-electron chi connectivity index (χ0n) is 15.9. The molecule has 2 fully saturated rings. The first-order chi connectivity index (χ1) is 11.0. The predicted octanol–water partition coefficient (Wildman–Crippen LogP) is 2.28. The van der Waals surface area contributed by atoms with E-state index in [1.807, 2.05) is 27.7 Å². The fourth-order valence-corrected chi connectivity index (χ4v) is 3.73. The van der Waals surface area contributed by atoms with Gasteiger partial charge in [0, 0.05) is 26.2 Å². The molecule has 0 saturated heterocycles. The number of carbonyl (C=O) groups is 2. The van der Waals surface area contributed by atoms with Gasteiger partial charge in [0.25, 0.3) is 0 Å². The third-order valence-corrected chi connectivity index (χ3v) is 5.16. The summed E-state index contributed by atoms with van der Waals surface area (Å²) in [6.07, 6.45) is 5.03. The van der Waals surface area contributed by atoms with E-state index in [0.29, 0.717) is 6.04 Å². The fraction of sp³-hybridized carbons (Fsp3) is 0.889. The van der Waals surface area contributed by atoms with Gasteiger partial charge in [-0.2, -0.15) is 0 Å². The normalized spacial score (nSPS) is 30.6. The molecule has 2 rings (SSSR count). The summed E-state index contributed by atoms with van der Waals surface area (Å²) in [7, 11) is 3.57. The molecule has 2 atom stereocenters.